The van der Waals surface area contributed by atoms with E-state index in [4.69, 9.17) is 4.43 Å². The molecule has 0 radical (unpaired) electrons. The molecule has 0 atom stereocenters. The van der Waals surface area contributed by atoms with Gasteiger partial charge in [0.05, 0.1) is 5.69 Å². The third-order valence-corrected chi connectivity index (χ3v) is 14.8. The summed E-state index contributed by atoms with van der Waals surface area (Å²) >= 11 is 1.28. The molecule has 38 heavy (non-hydrogen) atoms. The van der Waals surface area contributed by atoms with Crippen molar-refractivity contribution in [3.05, 3.63) is 41.3 Å². The normalized spacial score (nSPS) is 24.7. The Labute approximate surface area is 233 Å². The van der Waals surface area contributed by atoms with Crippen LogP contribution in [0.15, 0.2) is 36.4 Å². The molecule has 1 aromatic carbocycles. The van der Waals surface area contributed by atoms with Gasteiger partial charge in [-0.1, -0.05) is 58.0 Å². The Morgan fingerprint density at radius 1 is 0.974 bits per heavy atom. The molecule has 0 unspecified atom stereocenters. The van der Waals surface area contributed by atoms with Crippen LogP contribution in [0.2, 0.25) is 18.1 Å². The van der Waals surface area contributed by atoms with E-state index >= 15 is 0 Å². The number of nitrogens with zero attached hydrogens (tertiary/aromatic N) is 1. The van der Waals surface area contributed by atoms with E-state index < -0.39 is 14.3 Å². The van der Waals surface area contributed by atoms with Crippen LogP contribution in [0.4, 0.5) is 5.69 Å². The number of hydrogen-bond acceptors (Lipinski definition) is 4. The minimum Gasteiger partial charge on any atom is -0.477 e. The topological polar surface area (TPSA) is 66.8 Å². The minimum atomic E-state index is -1.88. The molecule has 2 aromatic rings. The smallest absolute Gasteiger partial charge is 0.348 e. The second kappa shape index (κ2) is 11.6. The summed E-state index contributed by atoms with van der Waals surface area (Å²) in [7, 11) is -1.88. The van der Waals surface area contributed by atoms with E-state index in [0.29, 0.717) is 11.6 Å². The molecule has 1 amide bonds. The van der Waals surface area contributed by atoms with Crippen LogP contribution < -0.4 is 4.90 Å². The number of anilines is 1. The Morgan fingerprint density at radius 3 is 2.13 bits per heavy atom. The number of carbonyl (C=O) groups is 2. The van der Waals surface area contributed by atoms with Crippen LogP contribution in [-0.2, 0) is 9.22 Å². The minimum absolute atomic E-state index is 0.00237. The molecule has 2 aliphatic carbocycles. The van der Waals surface area contributed by atoms with E-state index in [1.807, 2.05) is 41.3 Å². The molecule has 2 fully saturated rings. The maximum absolute atomic E-state index is 14.2. The number of benzene rings is 1. The summed E-state index contributed by atoms with van der Waals surface area (Å²) in [5.74, 6) is -0.229. The van der Waals surface area contributed by atoms with Gasteiger partial charge in [0.15, 0.2) is 8.32 Å². The number of rotatable bonds is 7. The van der Waals surface area contributed by atoms with Crippen molar-refractivity contribution in [2.75, 3.05) is 4.90 Å². The van der Waals surface area contributed by atoms with Crippen molar-refractivity contribution in [1.29, 1.82) is 0 Å². The fourth-order valence-corrected chi connectivity index (χ4v) is 8.09. The summed E-state index contributed by atoms with van der Waals surface area (Å²) in [5, 5.41) is 10.4. The van der Waals surface area contributed by atoms with Gasteiger partial charge in [0, 0.05) is 22.9 Å². The first-order valence-corrected chi connectivity index (χ1v) is 18.0. The SMILES string of the molecule is CC(C)(C)[Si](C)(C)O[C@H]1CC[C@@H](N(c2cc(-c3ccccc3)sc2C(=O)O)C(=O)[C@H]2CC[C@H](C)CC2)CC1. The molecule has 208 valence electrons. The average Bonchev–Trinajstić information content (AvgIpc) is 3.31. The summed E-state index contributed by atoms with van der Waals surface area (Å²) in [6.45, 7) is 13.7. The zero-order valence-corrected chi connectivity index (χ0v) is 25.8. The van der Waals surface area contributed by atoms with E-state index in [9.17, 15) is 14.7 Å². The molecule has 0 aliphatic heterocycles. The molecular weight excluding hydrogens is 510 g/mol. The Hall–Kier alpha value is -1.96. The number of aromatic carboxylic acids is 1. The van der Waals surface area contributed by atoms with Gasteiger partial charge in [0.2, 0.25) is 5.91 Å². The van der Waals surface area contributed by atoms with Crippen LogP contribution in [0.25, 0.3) is 10.4 Å². The van der Waals surface area contributed by atoms with Crippen molar-refractivity contribution < 1.29 is 19.1 Å². The molecule has 1 N–H and O–H groups in total. The van der Waals surface area contributed by atoms with Gasteiger partial charge in [-0.15, -0.1) is 11.3 Å². The summed E-state index contributed by atoms with van der Waals surface area (Å²) in [6.07, 6.45) is 7.58. The molecule has 1 heterocycles. The quantitative estimate of drug-likeness (QED) is 0.347. The third kappa shape index (κ3) is 6.43. The largest absolute Gasteiger partial charge is 0.477 e. The van der Waals surface area contributed by atoms with Gasteiger partial charge in [-0.05, 0) is 87.0 Å². The van der Waals surface area contributed by atoms with Crippen LogP contribution in [0.1, 0.15) is 88.7 Å². The molecule has 0 saturated heterocycles. The van der Waals surface area contributed by atoms with E-state index in [1.54, 1.807) is 0 Å². The predicted molar refractivity (Wildman–Crippen MR) is 160 cm³/mol. The molecule has 7 heteroatoms. The van der Waals surface area contributed by atoms with Gasteiger partial charge < -0.3 is 14.4 Å². The number of carboxylic acid groups (broad SMARTS) is 1. The summed E-state index contributed by atoms with van der Waals surface area (Å²) in [4.78, 5) is 29.7. The van der Waals surface area contributed by atoms with Gasteiger partial charge in [-0.25, -0.2) is 4.79 Å². The van der Waals surface area contributed by atoms with Gasteiger partial charge in [0.25, 0.3) is 0 Å². The Morgan fingerprint density at radius 2 is 1.58 bits per heavy atom. The highest BCUT2D eigenvalue weighted by Gasteiger charge is 2.42. The number of hydrogen-bond donors (Lipinski definition) is 1. The maximum atomic E-state index is 14.2. The lowest BCUT2D eigenvalue weighted by Crippen LogP contribution is -2.49. The zero-order chi connectivity index (χ0) is 27.7. The first-order valence-electron chi connectivity index (χ1n) is 14.3. The van der Waals surface area contributed by atoms with Gasteiger partial charge >= 0.3 is 5.97 Å². The molecule has 0 spiro atoms. The predicted octanol–water partition coefficient (Wildman–Crippen LogP) is 8.61. The zero-order valence-electron chi connectivity index (χ0n) is 24.0. The summed E-state index contributed by atoms with van der Waals surface area (Å²) in [6, 6.07) is 11.8. The van der Waals surface area contributed by atoms with Crippen molar-refractivity contribution in [2.24, 2.45) is 11.8 Å². The second-order valence-corrected chi connectivity index (χ2v) is 18.8. The van der Waals surface area contributed by atoms with Gasteiger partial charge in [0.1, 0.15) is 4.88 Å². The number of amides is 1. The van der Waals surface area contributed by atoms with E-state index in [-0.39, 0.29) is 33.9 Å². The monoisotopic (exact) mass is 555 g/mol. The fraction of sp³-hybridized carbons (Fsp3) is 0.613. The number of carbonyl (C=O) groups excluding carboxylic acids is 1. The average molecular weight is 556 g/mol. The lowest BCUT2D eigenvalue weighted by atomic mass is 9.81. The summed E-state index contributed by atoms with van der Waals surface area (Å²) < 4.78 is 6.73. The van der Waals surface area contributed by atoms with Crippen LogP contribution >= 0.6 is 11.3 Å². The van der Waals surface area contributed by atoms with Gasteiger partial charge in [-0.3, -0.25) is 4.79 Å². The Balaban J connectivity index is 1.63. The van der Waals surface area contributed by atoms with E-state index in [2.05, 4.69) is 40.8 Å². The highest BCUT2D eigenvalue weighted by Crippen LogP contribution is 2.43. The van der Waals surface area contributed by atoms with Crippen molar-refractivity contribution in [3.63, 3.8) is 0 Å². The van der Waals surface area contributed by atoms with Crippen molar-refractivity contribution in [1.82, 2.24) is 0 Å². The Bertz CT molecular complexity index is 1110. The fourth-order valence-electron chi connectivity index (χ4n) is 5.67. The molecule has 2 saturated carbocycles. The number of carboxylic acids is 1. The van der Waals surface area contributed by atoms with E-state index in [0.717, 1.165) is 61.8 Å². The number of thiophene rings is 1. The summed E-state index contributed by atoms with van der Waals surface area (Å²) in [5.41, 5.74) is 1.57. The van der Waals surface area contributed by atoms with Gasteiger partial charge in [-0.2, -0.15) is 0 Å². The first-order chi connectivity index (χ1) is 17.9. The lowest BCUT2D eigenvalue weighted by molar-refractivity contribution is -0.124. The van der Waals surface area contributed by atoms with Crippen molar-refractivity contribution in [2.45, 2.75) is 109 Å². The Kier molecular flexibility index (Phi) is 8.90. The van der Waals surface area contributed by atoms with Crippen molar-refractivity contribution in [3.8, 4) is 10.4 Å². The highest BCUT2D eigenvalue weighted by atomic mass is 32.1. The van der Waals surface area contributed by atoms with E-state index in [1.165, 1.54) is 11.3 Å². The molecular formula is C31H45NO4SSi. The lowest BCUT2D eigenvalue weighted by Gasteiger charge is -2.43. The van der Waals surface area contributed by atoms with Crippen LogP contribution in [0, 0.1) is 11.8 Å². The molecule has 1 aromatic heterocycles. The van der Waals surface area contributed by atoms with Crippen molar-refractivity contribution >= 4 is 37.2 Å². The molecule has 2 aliphatic rings. The molecule has 4 rings (SSSR count). The third-order valence-electron chi connectivity index (χ3n) is 9.10. The molecule has 0 bridgehead atoms. The second-order valence-electron chi connectivity index (χ2n) is 13.0. The maximum Gasteiger partial charge on any atom is 0.348 e. The van der Waals surface area contributed by atoms with Crippen LogP contribution in [0.5, 0.6) is 0 Å². The van der Waals surface area contributed by atoms with Crippen LogP contribution in [-0.4, -0.2) is 37.4 Å². The first kappa shape index (κ1) is 29.0. The standard InChI is InChI=1S/C31H45NO4SSi/c1-21-12-14-23(15-13-21)29(33)32(24-16-18-25(19-17-24)36-38(5,6)31(2,3)4)26-20-27(37-28(26)30(34)35)22-10-8-7-9-11-22/h7-11,20-21,23-25H,12-19H2,1-6H3,(H,34,35)/t21-,23-,24-,25+. The van der Waals surface area contributed by atoms with Crippen LogP contribution in [0.3, 0.4) is 0 Å². The molecule has 5 nitrogen and oxygen atoms in total. The highest BCUT2D eigenvalue weighted by molar-refractivity contribution is 7.18.